The number of rotatable bonds is 4. The van der Waals surface area contributed by atoms with Crippen molar-refractivity contribution < 1.29 is 14.2 Å². The molecule has 0 aliphatic carbocycles. The summed E-state index contributed by atoms with van der Waals surface area (Å²) in [6, 6.07) is 3.81. The van der Waals surface area contributed by atoms with Crippen LogP contribution in [-0.4, -0.2) is 21.3 Å². The van der Waals surface area contributed by atoms with Crippen molar-refractivity contribution in [3.05, 3.63) is 23.8 Å². The van der Waals surface area contributed by atoms with Gasteiger partial charge in [-0.1, -0.05) is 26.0 Å². The molecular formula is C14H22O3. The molecule has 0 aliphatic heterocycles. The van der Waals surface area contributed by atoms with Crippen molar-refractivity contribution in [3.8, 4) is 17.2 Å². The predicted octanol–water partition coefficient (Wildman–Crippen LogP) is 3.77. The zero-order valence-electron chi connectivity index (χ0n) is 11.5. The molecule has 17 heavy (non-hydrogen) atoms. The number of ether oxygens (including phenoxy) is 3. The molecule has 0 aliphatic rings. The van der Waals surface area contributed by atoms with Crippen LogP contribution in [0.1, 0.15) is 26.3 Å². The van der Waals surface area contributed by atoms with Gasteiger partial charge in [-0.2, -0.15) is 0 Å². The molecule has 0 radical (unpaired) electrons. The second-order valence-electron chi connectivity index (χ2n) is 2.96. The largest absolute Gasteiger partial charge is 0.493 e. The molecule has 1 rings (SSSR count). The van der Waals surface area contributed by atoms with E-state index in [-0.39, 0.29) is 0 Å². The Kier molecular flexibility index (Phi) is 7.68. The van der Waals surface area contributed by atoms with Crippen LogP contribution in [0.4, 0.5) is 0 Å². The molecule has 0 aromatic heterocycles. The molecular weight excluding hydrogens is 216 g/mol. The van der Waals surface area contributed by atoms with E-state index in [9.17, 15) is 0 Å². The van der Waals surface area contributed by atoms with Gasteiger partial charge < -0.3 is 14.2 Å². The van der Waals surface area contributed by atoms with Gasteiger partial charge in [0.25, 0.3) is 0 Å². The molecule has 3 heteroatoms. The average Bonchev–Trinajstić information content (AvgIpc) is 2.40. The molecule has 0 spiro atoms. The molecule has 3 nitrogen and oxygen atoms in total. The van der Waals surface area contributed by atoms with Crippen LogP contribution in [0.15, 0.2) is 18.2 Å². The van der Waals surface area contributed by atoms with Gasteiger partial charge in [0.2, 0.25) is 5.75 Å². The SMILES string of the molecule is C/C=C/c1cc(OC)c(OC)c(OC)c1.CC. The first kappa shape index (κ1) is 15.4. The zero-order valence-corrected chi connectivity index (χ0v) is 11.5. The molecule has 1 aromatic rings. The Hall–Kier alpha value is -1.64. The van der Waals surface area contributed by atoms with Gasteiger partial charge in [-0.05, 0) is 24.6 Å². The van der Waals surface area contributed by atoms with E-state index in [0.717, 1.165) is 5.56 Å². The van der Waals surface area contributed by atoms with E-state index in [1.165, 1.54) is 0 Å². The zero-order chi connectivity index (χ0) is 13.3. The minimum atomic E-state index is 0.619. The number of hydrogen-bond donors (Lipinski definition) is 0. The Morgan fingerprint density at radius 1 is 0.882 bits per heavy atom. The van der Waals surface area contributed by atoms with Crippen molar-refractivity contribution in [1.82, 2.24) is 0 Å². The molecule has 0 atom stereocenters. The van der Waals surface area contributed by atoms with Gasteiger partial charge in [0.1, 0.15) is 0 Å². The molecule has 0 N–H and O–H groups in total. The lowest BCUT2D eigenvalue weighted by Crippen LogP contribution is -1.95. The highest BCUT2D eigenvalue weighted by atomic mass is 16.5. The van der Waals surface area contributed by atoms with E-state index in [1.807, 2.05) is 45.1 Å². The van der Waals surface area contributed by atoms with Crippen LogP contribution in [-0.2, 0) is 0 Å². The first-order valence-corrected chi connectivity index (χ1v) is 5.69. The fourth-order valence-electron chi connectivity index (χ4n) is 1.39. The highest BCUT2D eigenvalue weighted by molar-refractivity contribution is 5.61. The van der Waals surface area contributed by atoms with Gasteiger partial charge >= 0.3 is 0 Å². The van der Waals surface area contributed by atoms with E-state index in [0.29, 0.717) is 17.2 Å². The molecule has 0 saturated heterocycles. The highest BCUT2D eigenvalue weighted by Crippen LogP contribution is 2.38. The Labute approximate surface area is 104 Å². The van der Waals surface area contributed by atoms with E-state index in [4.69, 9.17) is 14.2 Å². The molecule has 0 fully saturated rings. The van der Waals surface area contributed by atoms with Gasteiger partial charge in [0, 0.05) is 0 Å². The lowest BCUT2D eigenvalue weighted by molar-refractivity contribution is 0.324. The Morgan fingerprint density at radius 2 is 1.35 bits per heavy atom. The lowest BCUT2D eigenvalue weighted by atomic mass is 10.1. The molecule has 0 heterocycles. The Bertz CT molecular complexity index is 331. The third-order valence-corrected chi connectivity index (χ3v) is 2.05. The summed E-state index contributed by atoms with van der Waals surface area (Å²) in [5.41, 5.74) is 1.02. The molecule has 0 unspecified atom stereocenters. The summed E-state index contributed by atoms with van der Waals surface area (Å²) in [5, 5.41) is 0. The van der Waals surface area contributed by atoms with Crippen LogP contribution in [0, 0.1) is 0 Å². The smallest absolute Gasteiger partial charge is 0.203 e. The van der Waals surface area contributed by atoms with Crippen LogP contribution in [0.3, 0.4) is 0 Å². The van der Waals surface area contributed by atoms with Crippen LogP contribution in [0.25, 0.3) is 6.08 Å². The first-order chi connectivity index (χ1) is 8.26. The van der Waals surface area contributed by atoms with Crippen molar-refractivity contribution in [1.29, 1.82) is 0 Å². The minimum absolute atomic E-state index is 0.619. The van der Waals surface area contributed by atoms with Crippen LogP contribution >= 0.6 is 0 Å². The predicted molar refractivity (Wildman–Crippen MR) is 72.2 cm³/mol. The van der Waals surface area contributed by atoms with Gasteiger partial charge in [-0.3, -0.25) is 0 Å². The van der Waals surface area contributed by atoms with Crippen molar-refractivity contribution in [3.63, 3.8) is 0 Å². The molecule has 0 saturated carbocycles. The number of hydrogen-bond acceptors (Lipinski definition) is 3. The summed E-state index contributed by atoms with van der Waals surface area (Å²) in [5.74, 6) is 1.96. The summed E-state index contributed by atoms with van der Waals surface area (Å²) in [4.78, 5) is 0. The maximum Gasteiger partial charge on any atom is 0.203 e. The number of allylic oxidation sites excluding steroid dienone is 1. The van der Waals surface area contributed by atoms with E-state index in [1.54, 1.807) is 21.3 Å². The van der Waals surface area contributed by atoms with Crippen LogP contribution < -0.4 is 14.2 Å². The van der Waals surface area contributed by atoms with Crippen LogP contribution in [0.5, 0.6) is 17.2 Å². The second kappa shape index (κ2) is 8.50. The quantitative estimate of drug-likeness (QED) is 0.799. The number of benzene rings is 1. The average molecular weight is 238 g/mol. The van der Waals surface area contributed by atoms with Crippen molar-refractivity contribution in [2.45, 2.75) is 20.8 Å². The van der Waals surface area contributed by atoms with Crippen LogP contribution in [0.2, 0.25) is 0 Å². The molecule has 1 aromatic carbocycles. The number of methoxy groups -OCH3 is 3. The fraction of sp³-hybridized carbons (Fsp3) is 0.429. The second-order valence-corrected chi connectivity index (χ2v) is 2.96. The summed E-state index contributed by atoms with van der Waals surface area (Å²) in [7, 11) is 4.81. The van der Waals surface area contributed by atoms with Crippen molar-refractivity contribution >= 4 is 6.08 Å². The lowest BCUT2D eigenvalue weighted by Gasteiger charge is -2.12. The fourth-order valence-corrected chi connectivity index (χ4v) is 1.39. The third kappa shape index (κ3) is 4.02. The third-order valence-electron chi connectivity index (χ3n) is 2.05. The Morgan fingerprint density at radius 3 is 1.65 bits per heavy atom. The molecule has 0 amide bonds. The minimum Gasteiger partial charge on any atom is -0.493 e. The summed E-state index contributed by atoms with van der Waals surface area (Å²) >= 11 is 0. The van der Waals surface area contributed by atoms with Gasteiger partial charge in [-0.15, -0.1) is 0 Å². The monoisotopic (exact) mass is 238 g/mol. The van der Waals surface area contributed by atoms with Gasteiger partial charge in [0.05, 0.1) is 21.3 Å². The summed E-state index contributed by atoms with van der Waals surface area (Å²) in [6.07, 6.45) is 3.94. The van der Waals surface area contributed by atoms with Crippen molar-refractivity contribution in [2.75, 3.05) is 21.3 Å². The molecule has 0 bridgehead atoms. The summed E-state index contributed by atoms with van der Waals surface area (Å²) < 4.78 is 15.7. The normalized spacial score (nSPS) is 9.53. The van der Waals surface area contributed by atoms with E-state index in [2.05, 4.69) is 0 Å². The summed E-state index contributed by atoms with van der Waals surface area (Å²) in [6.45, 7) is 5.96. The standard InChI is InChI=1S/C12H16O3.C2H6/c1-5-6-9-7-10(13-2)12(15-4)11(8-9)14-3;1-2/h5-8H,1-4H3;1-2H3/b6-5+;. The topological polar surface area (TPSA) is 27.7 Å². The van der Waals surface area contributed by atoms with Gasteiger partial charge in [0.15, 0.2) is 11.5 Å². The molecule has 96 valence electrons. The van der Waals surface area contributed by atoms with E-state index < -0.39 is 0 Å². The maximum atomic E-state index is 5.23. The highest BCUT2D eigenvalue weighted by Gasteiger charge is 2.11. The Balaban J connectivity index is 0.00000121. The first-order valence-electron chi connectivity index (χ1n) is 5.69. The van der Waals surface area contributed by atoms with Crippen molar-refractivity contribution in [2.24, 2.45) is 0 Å². The maximum absolute atomic E-state index is 5.23. The van der Waals surface area contributed by atoms with E-state index >= 15 is 0 Å². The van der Waals surface area contributed by atoms with Gasteiger partial charge in [-0.25, -0.2) is 0 Å².